The summed E-state index contributed by atoms with van der Waals surface area (Å²) in [6, 6.07) is 4.38. The lowest BCUT2D eigenvalue weighted by molar-refractivity contribution is 0.512. The third-order valence-electron chi connectivity index (χ3n) is 2.19. The molecule has 0 radical (unpaired) electrons. The number of aromatic nitrogens is 3. The van der Waals surface area contributed by atoms with Crippen molar-refractivity contribution in [2.24, 2.45) is 0 Å². The molecule has 2 aromatic rings. The molecule has 0 unspecified atom stereocenters. The molecule has 0 aliphatic rings. The number of nitrogens with one attached hydrogen (secondary N) is 1. The summed E-state index contributed by atoms with van der Waals surface area (Å²) in [5, 5.41) is 10.7. The minimum Gasteiger partial charge on any atom is -0.408 e. The van der Waals surface area contributed by atoms with Crippen molar-refractivity contribution in [2.75, 3.05) is 11.2 Å². The quantitative estimate of drug-likeness (QED) is 0.827. The van der Waals surface area contributed by atoms with Gasteiger partial charge in [0.2, 0.25) is 5.89 Å². The lowest BCUT2D eigenvalue weighted by Crippen LogP contribution is -2.00. The molecule has 5 nitrogen and oxygen atoms in total. The van der Waals surface area contributed by atoms with Crippen molar-refractivity contribution in [3.8, 4) is 0 Å². The lowest BCUT2D eigenvalue weighted by atomic mass is 10.2. The summed E-state index contributed by atoms with van der Waals surface area (Å²) in [5.74, 6) is 1.02. The second kappa shape index (κ2) is 5.63. The number of alkyl halides is 1. The maximum Gasteiger partial charge on any atom is 0.315 e. The van der Waals surface area contributed by atoms with Gasteiger partial charge in [0.05, 0.1) is 0 Å². The van der Waals surface area contributed by atoms with Crippen LogP contribution in [0.2, 0.25) is 0 Å². The van der Waals surface area contributed by atoms with Gasteiger partial charge in [-0.05, 0) is 18.6 Å². The number of anilines is 1. The van der Waals surface area contributed by atoms with Gasteiger partial charge in [-0.2, -0.15) is 0 Å². The molecule has 0 spiro atoms. The van der Waals surface area contributed by atoms with Gasteiger partial charge in [0.25, 0.3) is 0 Å². The molecule has 0 aliphatic heterocycles. The number of nitrogens with zero attached hydrogens (tertiary/aromatic N) is 3. The number of hydrogen-bond donors (Lipinski definition) is 1. The van der Waals surface area contributed by atoms with Crippen LogP contribution in [-0.4, -0.2) is 21.1 Å². The average molecular weight is 253 g/mol. The molecule has 0 fully saturated rings. The summed E-state index contributed by atoms with van der Waals surface area (Å²) < 4.78 is 5.33. The molecule has 0 bridgehead atoms. The second-order valence-electron chi connectivity index (χ2n) is 3.60. The van der Waals surface area contributed by atoms with Gasteiger partial charge in [0.15, 0.2) is 0 Å². The van der Waals surface area contributed by atoms with Crippen molar-refractivity contribution in [1.29, 1.82) is 0 Å². The number of aryl methyl sites for hydroxylation is 2. The minimum atomic E-state index is 0.408. The number of halogens is 1. The highest BCUT2D eigenvalue weighted by Crippen LogP contribution is 2.08. The molecule has 0 amide bonds. The molecule has 0 saturated carbocycles. The van der Waals surface area contributed by atoms with E-state index in [1.54, 1.807) is 0 Å². The van der Waals surface area contributed by atoms with Crippen LogP contribution >= 0.6 is 11.6 Å². The zero-order valence-electron chi connectivity index (χ0n) is 9.48. The molecule has 0 saturated heterocycles. The van der Waals surface area contributed by atoms with E-state index >= 15 is 0 Å². The van der Waals surface area contributed by atoms with Gasteiger partial charge in [-0.1, -0.05) is 11.2 Å². The molecule has 2 aromatic heterocycles. The molecular formula is C11H13ClN4O. The van der Waals surface area contributed by atoms with Crippen molar-refractivity contribution < 1.29 is 4.42 Å². The van der Waals surface area contributed by atoms with Gasteiger partial charge in [-0.3, -0.25) is 4.98 Å². The summed E-state index contributed by atoms with van der Waals surface area (Å²) in [5.41, 5.74) is 2.06. The zero-order valence-corrected chi connectivity index (χ0v) is 10.2. The monoisotopic (exact) mass is 252 g/mol. The maximum absolute atomic E-state index is 5.58. The summed E-state index contributed by atoms with van der Waals surface area (Å²) in [7, 11) is 0. The first kappa shape index (κ1) is 11.9. The van der Waals surface area contributed by atoms with Gasteiger partial charge >= 0.3 is 6.01 Å². The molecule has 0 aliphatic carbocycles. The molecule has 2 heterocycles. The highest BCUT2D eigenvalue weighted by molar-refractivity contribution is 6.17. The second-order valence-corrected chi connectivity index (χ2v) is 3.98. The maximum atomic E-state index is 5.58. The van der Waals surface area contributed by atoms with Crippen molar-refractivity contribution in [3.05, 3.63) is 35.5 Å². The molecule has 2 rings (SSSR count). The van der Waals surface area contributed by atoms with E-state index in [1.807, 2.05) is 25.3 Å². The molecular weight excluding hydrogens is 240 g/mol. The predicted octanol–water partition coefficient (Wildman–Crippen LogP) is 2.17. The van der Waals surface area contributed by atoms with Gasteiger partial charge in [0.1, 0.15) is 0 Å². The van der Waals surface area contributed by atoms with Crippen LogP contribution in [0.3, 0.4) is 0 Å². The number of pyridine rings is 1. The van der Waals surface area contributed by atoms with Gasteiger partial charge < -0.3 is 9.73 Å². The van der Waals surface area contributed by atoms with E-state index < -0.39 is 0 Å². The third-order valence-corrected chi connectivity index (χ3v) is 2.38. The van der Waals surface area contributed by atoms with Crippen LogP contribution in [0.5, 0.6) is 0 Å². The van der Waals surface area contributed by atoms with Crippen LogP contribution in [0, 0.1) is 6.92 Å². The van der Waals surface area contributed by atoms with Crippen molar-refractivity contribution >= 4 is 17.6 Å². The number of hydrogen-bond acceptors (Lipinski definition) is 5. The molecule has 0 atom stereocenters. The van der Waals surface area contributed by atoms with Gasteiger partial charge in [-0.15, -0.1) is 16.7 Å². The highest BCUT2D eigenvalue weighted by atomic mass is 35.5. The molecule has 1 N–H and O–H groups in total. The van der Waals surface area contributed by atoms with Crippen LogP contribution in [0.1, 0.15) is 17.1 Å². The fourth-order valence-corrected chi connectivity index (χ4v) is 1.45. The third kappa shape index (κ3) is 3.42. The Kier molecular flexibility index (Phi) is 3.93. The van der Waals surface area contributed by atoms with Crippen LogP contribution in [0.25, 0.3) is 0 Å². The summed E-state index contributed by atoms with van der Waals surface area (Å²) in [6.45, 7) is 2.56. The Morgan fingerprint density at radius 2 is 2.24 bits per heavy atom. The van der Waals surface area contributed by atoms with Crippen molar-refractivity contribution in [1.82, 2.24) is 15.2 Å². The smallest absolute Gasteiger partial charge is 0.315 e. The van der Waals surface area contributed by atoms with Crippen LogP contribution in [-0.2, 0) is 13.0 Å². The summed E-state index contributed by atoms with van der Waals surface area (Å²) in [4.78, 5) is 4.20. The van der Waals surface area contributed by atoms with Gasteiger partial charge in [0, 0.05) is 30.7 Å². The summed E-state index contributed by atoms with van der Waals surface area (Å²) >= 11 is 5.58. The highest BCUT2D eigenvalue weighted by Gasteiger charge is 2.04. The van der Waals surface area contributed by atoms with E-state index in [1.165, 1.54) is 0 Å². The van der Waals surface area contributed by atoms with E-state index in [0.29, 0.717) is 30.8 Å². The Bertz CT molecular complexity index is 469. The van der Waals surface area contributed by atoms with E-state index in [9.17, 15) is 0 Å². The molecule has 6 heteroatoms. The van der Waals surface area contributed by atoms with E-state index in [-0.39, 0.29) is 0 Å². The summed E-state index contributed by atoms with van der Waals surface area (Å²) in [6.07, 6.45) is 2.40. The molecule has 17 heavy (non-hydrogen) atoms. The topological polar surface area (TPSA) is 63.8 Å². The first-order chi connectivity index (χ1) is 8.28. The average Bonchev–Trinajstić information content (AvgIpc) is 2.77. The normalized spacial score (nSPS) is 10.5. The standard InChI is InChI=1S/C11H13ClN4O/c1-8-2-3-9(6-13-8)7-14-11-16-15-10(17-11)4-5-12/h2-3,6H,4-5,7H2,1H3,(H,14,16). The van der Waals surface area contributed by atoms with Gasteiger partial charge in [-0.25, -0.2) is 0 Å². The molecule has 0 aromatic carbocycles. The first-order valence-corrected chi connectivity index (χ1v) is 5.85. The fraction of sp³-hybridized carbons (Fsp3) is 0.364. The van der Waals surface area contributed by atoms with Crippen LogP contribution in [0.4, 0.5) is 6.01 Å². The Morgan fingerprint density at radius 3 is 2.94 bits per heavy atom. The van der Waals surface area contributed by atoms with E-state index in [0.717, 1.165) is 11.3 Å². The zero-order chi connectivity index (χ0) is 12.1. The predicted molar refractivity (Wildman–Crippen MR) is 65.0 cm³/mol. The molecule has 90 valence electrons. The van der Waals surface area contributed by atoms with E-state index in [4.69, 9.17) is 16.0 Å². The Balaban J connectivity index is 1.90. The van der Waals surface area contributed by atoms with E-state index in [2.05, 4.69) is 20.5 Å². The Labute approximate surface area is 104 Å². The number of rotatable bonds is 5. The first-order valence-electron chi connectivity index (χ1n) is 5.31. The van der Waals surface area contributed by atoms with Crippen LogP contribution in [0.15, 0.2) is 22.7 Å². The lowest BCUT2D eigenvalue weighted by Gasteiger charge is -2.01. The fourth-order valence-electron chi connectivity index (χ4n) is 1.29. The largest absolute Gasteiger partial charge is 0.408 e. The van der Waals surface area contributed by atoms with Crippen molar-refractivity contribution in [3.63, 3.8) is 0 Å². The Morgan fingerprint density at radius 1 is 1.35 bits per heavy atom. The van der Waals surface area contributed by atoms with Crippen molar-refractivity contribution in [2.45, 2.75) is 19.9 Å². The Hall–Kier alpha value is -1.62. The minimum absolute atomic E-state index is 0.408. The SMILES string of the molecule is Cc1ccc(CNc2nnc(CCCl)o2)cn1. The van der Waals surface area contributed by atoms with Crippen LogP contribution < -0.4 is 5.32 Å².